The van der Waals surface area contributed by atoms with Crippen LogP contribution >= 0.6 is 0 Å². The molecule has 1 aliphatic heterocycles. The van der Waals surface area contributed by atoms with Gasteiger partial charge in [-0.15, -0.1) is 0 Å². The summed E-state index contributed by atoms with van der Waals surface area (Å²) in [6, 6.07) is 2.63. The first-order valence-electron chi connectivity index (χ1n) is 10.2. The van der Waals surface area contributed by atoms with Crippen LogP contribution in [-0.4, -0.2) is 48.6 Å². The van der Waals surface area contributed by atoms with Crippen LogP contribution in [0.2, 0.25) is 0 Å². The van der Waals surface area contributed by atoms with Crippen LogP contribution in [0.4, 0.5) is 0 Å². The maximum absolute atomic E-state index is 12.9. The summed E-state index contributed by atoms with van der Waals surface area (Å²) in [7, 11) is 0. The molecule has 0 bridgehead atoms. The second-order valence-corrected chi connectivity index (χ2v) is 8.59. The Labute approximate surface area is 164 Å². The van der Waals surface area contributed by atoms with E-state index >= 15 is 0 Å². The van der Waals surface area contributed by atoms with Crippen LogP contribution in [-0.2, 0) is 9.53 Å². The fraction of sp³-hybridized carbons (Fsp3) is 0.667. The van der Waals surface area contributed by atoms with Gasteiger partial charge >= 0.3 is 0 Å². The van der Waals surface area contributed by atoms with Gasteiger partial charge in [0.1, 0.15) is 5.76 Å². The molecule has 7 heteroatoms. The second kappa shape index (κ2) is 7.70. The molecule has 7 nitrogen and oxygen atoms in total. The van der Waals surface area contributed by atoms with Crippen LogP contribution in [0.25, 0.3) is 0 Å². The summed E-state index contributed by atoms with van der Waals surface area (Å²) in [6.07, 6.45) is 4.10. The van der Waals surface area contributed by atoms with Crippen molar-refractivity contribution in [3.8, 4) is 0 Å². The van der Waals surface area contributed by atoms with E-state index in [0.717, 1.165) is 19.4 Å². The molecule has 4 atom stereocenters. The number of nitrogens with one attached hydrogen (secondary N) is 1. The van der Waals surface area contributed by atoms with Gasteiger partial charge in [0.25, 0.3) is 5.91 Å². The van der Waals surface area contributed by atoms with Crippen molar-refractivity contribution in [2.75, 3.05) is 19.7 Å². The zero-order valence-electron chi connectivity index (χ0n) is 16.5. The van der Waals surface area contributed by atoms with E-state index in [4.69, 9.17) is 9.15 Å². The molecule has 2 amide bonds. The van der Waals surface area contributed by atoms with Gasteiger partial charge in [0.15, 0.2) is 11.2 Å². The molecule has 1 aromatic heterocycles. The lowest BCUT2D eigenvalue weighted by molar-refractivity contribution is -0.122. The molecule has 0 aromatic carbocycles. The minimum Gasteiger partial charge on any atom is -0.456 e. The Morgan fingerprint density at radius 1 is 1.21 bits per heavy atom. The minimum absolute atomic E-state index is 0.00213. The van der Waals surface area contributed by atoms with Gasteiger partial charge in [-0.2, -0.15) is 0 Å². The molecule has 0 unspecified atom stereocenters. The number of rotatable bonds is 5. The largest absolute Gasteiger partial charge is 0.456 e. The molecule has 3 aliphatic rings. The fourth-order valence-electron chi connectivity index (χ4n) is 4.59. The van der Waals surface area contributed by atoms with E-state index in [1.54, 1.807) is 11.8 Å². The highest BCUT2D eigenvalue weighted by atomic mass is 16.5. The number of hydrogen-bond donors (Lipinski definition) is 1. The summed E-state index contributed by atoms with van der Waals surface area (Å²) in [5, 5.41) is 3.05. The van der Waals surface area contributed by atoms with E-state index in [0.29, 0.717) is 36.6 Å². The normalized spacial score (nSPS) is 29.4. The van der Waals surface area contributed by atoms with E-state index in [-0.39, 0.29) is 35.1 Å². The number of carbonyl (C=O) groups is 2. The average molecular weight is 388 g/mol. The first-order chi connectivity index (χ1) is 13.4. The van der Waals surface area contributed by atoms with E-state index in [1.165, 1.54) is 31.9 Å². The molecule has 28 heavy (non-hydrogen) atoms. The number of aryl methyl sites for hydroxylation is 1. The fourth-order valence-corrected chi connectivity index (χ4v) is 4.59. The molecule has 0 spiro atoms. The topological polar surface area (TPSA) is 88.9 Å². The van der Waals surface area contributed by atoms with Crippen LogP contribution < -0.4 is 10.7 Å². The Balaban J connectivity index is 1.45. The number of fused-ring (bicyclic) bond motifs is 1. The number of likely N-dealkylation sites (tertiary alicyclic amines) is 1. The van der Waals surface area contributed by atoms with Gasteiger partial charge in [0.2, 0.25) is 5.91 Å². The lowest BCUT2D eigenvalue weighted by Crippen LogP contribution is -2.50. The summed E-state index contributed by atoms with van der Waals surface area (Å²) in [5.74, 6) is 1.59. The third kappa shape index (κ3) is 4.29. The Morgan fingerprint density at radius 2 is 1.93 bits per heavy atom. The Morgan fingerprint density at radius 3 is 2.57 bits per heavy atom. The third-order valence-electron chi connectivity index (χ3n) is 6.14. The van der Waals surface area contributed by atoms with Crippen molar-refractivity contribution in [2.45, 2.75) is 51.7 Å². The smallest absolute Gasteiger partial charge is 0.289 e. The molecule has 1 aromatic rings. The quantitative estimate of drug-likeness (QED) is 0.830. The van der Waals surface area contributed by atoms with Gasteiger partial charge in [0, 0.05) is 38.8 Å². The summed E-state index contributed by atoms with van der Waals surface area (Å²) >= 11 is 0. The molecule has 3 fully saturated rings. The molecule has 2 heterocycles. The molecule has 2 aliphatic carbocycles. The molecule has 1 saturated heterocycles. The predicted octanol–water partition coefficient (Wildman–Crippen LogP) is 1.73. The zero-order chi connectivity index (χ0) is 19.8. The lowest BCUT2D eigenvalue weighted by atomic mass is 9.77. The van der Waals surface area contributed by atoms with Crippen molar-refractivity contribution in [2.24, 2.45) is 17.8 Å². The zero-order valence-corrected chi connectivity index (χ0v) is 16.5. The standard InChI is InChI=1S/C21H28N2O5/c1-12-5-17(25)8-20(28-12)21(26)23-9-15-6-18(22-13(2)24)19(7-16(15)10-23)27-11-14-3-4-14/h5,8,14-16,18-19H,3-4,6-7,9-11H2,1-2H3,(H,22,24)/t15-,16+,18-,19-/m1/s1. The Bertz CT molecular complexity index is 815. The number of hydrogen-bond acceptors (Lipinski definition) is 5. The number of nitrogens with zero attached hydrogens (tertiary/aromatic N) is 1. The van der Waals surface area contributed by atoms with Gasteiger partial charge in [-0.1, -0.05) is 0 Å². The SMILES string of the molecule is CC(=O)N[C@@H]1C[C@@H]2CN(C(=O)c3cc(=O)cc(C)o3)C[C@@H]2C[C@H]1OCC1CC1. The maximum atomic E-state index is 12.9. The summed E-state index contributed by atoms with van der Waals surface area (Å²) in [5.41, 5.74) is -0.219. The molecule has 0 radical (unpaired) electrons. The highest BCUT2D eigenvalue weighted by Gasteiger charge is 2.45. The summed E-state index contributed by atoms with van der Waals surface area (Å²) in [4.78, 5) is 38.0. The lowest BCUT2D eigenvalue weighted by Gasteiger charge is -2.38. The van der Waals surface area contributed by atoms with Crippen LogP contribution in [0, 0.1) is 24.7 Å². The van der Waals surface area contributed by atoms with Gasteiger partial charge in [0.05, 0.1) is 12.1 Å². The number of amides is 2. The minimum atomic E-state index is -0.235. The molecular formula is C21H28N2O5. The third-order valence-corrected chi connectivity index (χ3v) is 6.14. The van der Waals surface area contributed by atoms with Crippen molar-refractivity contribution < 1.29 is 18.7 Å². The number of ether oxygens (including phenoxy) is 1. The molecule has 152 valence electrons. The Hall–Kier alpha value is -2.15. The van der Waals surface area contributed by atoms with Crippen LogP contribution in [0.3, 0.4) is 0 Å². The van der Waals surface area contributed by atoms with Crippen LogP contribution in [0.1, 0.15) is 48.9 Å². The molecule has 2 saturated carbocycles. The maximum Gasteiger partial charge on any atom is 0.289 e. The van der Waals surface area contributed by atoms with Crippen molar-refractivity contribution in [3.05, 3.63) is 33.9 Å². The van der Waals surface area contributed by atoms with E-state index in [1.807, 2.05) is 0 Å². The second-order valence-electron chi connectivity index (χ2n) is 8.59. The van der Waals surface area contributed by atoms with E-state index in [9.17, 15) is 14.4 Å². The van der Waals surface area contributed by atoms with Gasteiger partial charge in [-0.3, -0.25) is 14.4 Å². The van der Waals surface area contributed by atoms with Gasteiger partial charge in [-0.25, -0.2) is 0 Å². The van der Waals surface area contributed by atoms with Crippen molar-refractivity contribution >= 4 is 11.8 Å². The van der Waals surface area contributed by atoms with Crippen molar-refractivity contribution in [3.63, 3.8) is 0 Å². The number of carbonyl (C=O) groups excluding carboxylic acids is 2. The average Bonchev–Trinajstić information content (AvgIpc) is 3.36. The van der Waals surface area contributed by atoms with Crippen LogP contribution in [0.5, 0.6) is 0 Å². The molecule has 4 rings (SSSR count). The summed E-state index contributed by atoms with van der Waals surface area (Å²) in [6.45, 7) is 5.22. The van der Waals surface area contributed by atoms with Gasteiger partial charge < -0.3 is 19.4 Å². The molecule has 1 N–H and O–H groups in total. The Kier molecular flexibility index (Phi) is 5.27. The first-order valence-corrected chi connectivity index (χ1v) is 10.2. The predicted molar refractivity (Wildman–Crippen MR) is 102 cm³/mol. The monoisotopic (exact) mass is 388 g/mol. The van der Waals surface area contributed by atoms with Gasteiger partial charge in [-0.05, 0) is 50.4 Å². The highest BCUT2D eigenvalue weighted by Crippen LogP contribution is 2.39. The molecular weight excluding hydrogens is 360 g/mol. The van der Waals surface area contributed by atoms with E-state index < -0.39 is 0 Å². The first kappa shape index (κ1) is 19.2. The van der Waals surface area contributed by atoms with Crippen molar-refractivity contribution in [1.82, 2.24) is 10.2 Å². The van der Waals surface area contributed by atoms with E-state index in [2.05, 4.69) is 5.32 Å². The van der Waals surface area contributed by atoms with Crippen molar-refractivity contribution in [1.29, 1.82) is 0 Å². The summed E-state index contributed by atoms with van der Waals surface area (Å²) < 4.78 is 11.6. The highest BCUT2D eigenvalue weighted by molar-refractivity contribution is 5.91. The van der Waals surface area contributed by atoms with Crippen LogP contribution in [0.15, 0.2) is 21.3 Å².